The van der Waals surface area contributed by atoms with Crippen LogP contribution in [0.25, 0.3) is 0 Å². The van der Waals surface area contributed by atoms with Crippen molar-refractivity contribution in [2.24, 2.45) is 5.73 Å². The second kappa shape index (κ2) is 2.88. The molecule has 0 bridgehead atoms. The maximum Gasteiger partial charge on any atom is 0.224 e. The molecule has 1 aromatic heterocycles. The number of hydrogen-bond acceptors (Lipinski definition) is 2. The van der Waals surface area contributed by atoms with E-state index in [1.54, 1.807) is 11.9 Å². The number of likely N-dealkylation sites (tertiary alicyclic amines) is 1. The molecule has 1 aromatic rings. The van der Waals surface area contributed by atoms with Crippen LogP contribution >= 0.6 is 0 Å². The van der Waals surface area contributed by atoms with Crippen LogP contribution in [0.5, 0.6) is 0 Å². The summed E-state index contributed by atoms with van der Waals surface area (Å²) in [6.45, 7) is 0. The number of carbonyl (C=O) groups excluding carboxylic acids is 1. The Bertz CT molecular complexity index is 307. The van der Waals surface area contributed by atoms with E-state index in [0.29, 0.717) is 6.42 Å². The van der Waals surface area contributed by atoms with Gasteiger partial charge < -0.3 is 15.6 Å². The molecule has 1 aliphatic rings. The molecular weight excluding hydrogens is 166 g/mol. The van der Waals surface area contributed by atoms with Gasteiger partial charge in [0.05, 0.1) is 6.04 Å². The van der Waals surface area contributed by atoms with Crippen LogP contribution in [0.4, 0.5) is 0 Å². The van der Waals surface area contributed by atoms with Gasteiger partial charge in [-0.1, -0.05) is 0 Å². The Morgan fingerprint density at radius 2 is 2.46 bits per heavy atom. The second-order valence-electron chi connectivity index (χ2n) is 3.46. The van der Waals surface area contributed by atoms with Gasteiger partial charge in [0.25, 0.3) is 0 Å². The Labute approximate surface area is 76.7 Å². The molecule has 4 heteroatoms. The van der Waals surface area contributed by atoms with Gasteiger partial charge in [-0.15, -0.1) is 0 Å². The number of carbonyl (C=O) groups is 1. The van der Waals surface area contributed by atoms with Gasteiger partial charge >= 0.3 is 0 Å². The van der Waals surface area contributed by atoms with Gasteiger partial charge in [0.15, 0.2) is 0 Å². The number of H-pyrrole nitrogens is 1. The number of aromatic amines is 1. The molecule has 1 fully saturated rings. The van der Waals surface area contributed by atoms with E-state index in [1.807, 2.05) is 18.5 Å². The summed E-state index contributed by atoms with van der Waals surface area (Å²) in [5.41, 5.74) is 6.96. The molecule has 2 rings (SSSR count). The fourth-order valence-electron chi connectivity index (χ4n) is 1.89. The van der Waals surface area contributed by atoms with Gasteiger partial charge in [0, 0.05) is 31.9 Å². The Balaban J connectivity index is 2.29. The first kappa shape index (κ1) is 8.31. The zero-order valence-corrected chi connectivity index (χ0v) is 7.53. The summed E-state index contributed by atoms with van der Waals surface area (Å²) >= 11 is 0. The number of likely N-dealkylation sites (N-methyl/N-ethyl adjacent to an activating group) is 1. The lowest BCUT2D eigenvalue weighted by molar-refractivity contribution is -0.127. The summed E-state index contributed by atoms with van der Waals surface area (Å²) in [7, 11) is 1.80. The first-order valence-corrected chi connectivity index (χ1v) is 4.34. The normalized spacial score (nSPS) is 28.5. The molecule has 1 amide bonds. The summed E-state index contributed by atoms with van der Waals surface area (Å²) in [5.74, 6) is 0.124. The number of nitrogens with two attached hydrogens (primary N) is 1. The number of rotatable bonds is 1. The van der Waals surface area contributed by atoms with E-state index in [-0.39, 0.29) is 18.0 Å². The van der Waals surface area contributed by atoms with Crippen LogP contribution in [-0.4, -0.2) is 28.9 Å². The minimum absolute atomic E-state index is 0.0405. The number of nitrogens with zero attached hydrogens (tertiary/aromatic N) is 1. The molecule has 70 valence electrons. The van der Waals surface area contributed by atoms with Crippen molar-refractivity contribution in [2.75, 3.05) is 7.05 Å². The number of aromatic nitrogens is 1. The zero-order valence-electron chi connectivity index (χ0n) is 7.53. The lowest BCUT2D eigenvalue weighted by Gasteiger charge is -2.21. The molecular formula is C9H13N3O. The highest BCUT2D eigenvalue weighted by atomic mass is 16.2. The average Bonchev–Trinajstić information content (AvgIpc) is 2.63. The van der Waals surface area contributed by atoms with Crippen molar-refractivity contribution in [1.29, 1.82) is 0 Å². The van der Waals surface area contributed by atoms with Crippen LogP contribution in [-0.2, 0) is 4.79 Å². The standard InChI is InChI=1S/C9H13N3O/c1-12-8(13)4-7(10)9(12)6-2-3-11-5-6/h2-3,5,7,9,11H,4,10H2,1H3/t7-,9+/m0/s1. The van der Waals surface area contributed by atoms with Crippen LogP contribution in [0.15, 0.2) is 18.5 Å². The van der Waals surface area contributed by atoms with Crippen molar-refractivity contribution in [3.63, 3.8) is 0 Å². The van der Waals surface area contributed by atoms with Crippen molar-refractivity contribution in [1.82, 2.24) is 9.88 Å². The molecule has 1 saturated heterocycles. The molecule has 2 heterocycles. The number of nitrogens with one attached hydrogen (secondary N) is 1. The Morgan fingerprint density at radius 1 is 1.69 bits per heavy atom. The van der Waals surface area contributed by atoms with Gasteiger partial charge in [-0.3, -0.25) is 4.79 Å². The van der Waals surface area contributed by atoms with Gasteiger partial charge in [-0.25, -0.2) is 0 Å². The molecule has 4 nitrogen and oxygen atoms in total. The quantitative estimate of drug-likeness (QED) is 0.649. The van der Waals surface area contributed by atoms with Crippen molar-refractivity contribution in [2.45, 2.75) is 18.5 Å². The summed E-state index contributed by atoms with van der Waals surface area (Å²) in [6, 6.07) is 1.92. The SMILES string of the molecule is CN1C(=O)C[C@H](N)[C@H]1c1cc[nH]c1. The zero-order chi connectivity index (χ0) is 9.42. The highest BCUT2D eigenvalue weighted by Crippen LogP contribution is 2.29. The van der Waals surface area contributed by atoms with E-state index < -0.39 is 0 Å². The molecule has 3 N–H and O–H groups in total. The third kappa shape index (κ3) is 1.23. The average molecular weight is 179 g/mol. The maximum atomic E-state index is 11.3. The van der Waals surface area contributed by atoms with Gasteiger partial charge in [0.1, 0.15) is 0 Å². The molecule has 1 aliphatic heterocycles. The predicted molar refractivity (Wildman–Crippen MR) is 48.9 cm³/mol. The third-order valence-corrected chi connectivity index (χ3v) is 2.59. The number of hydrogen-bond donors (Lipinski definition) is 2. The van der Waals surface area contributed by atoms with Crippen LogP contribution in [0.3, 0.4) is 0 Å². The molecule has 0 unspecified atom stereocenters. The lowest BCUT2D eigenvalue weighted by atomic mass is 10.0. The monoisotopic (exact) mass is 179 g/mol. The Hall–Kier alpha value is -1.29. The van der Waals surface area contributed by atoms with Crippen molar-refractivity contribution in [3.8, 4) is 0 Å². The van der Waals surface area contributed by atoms with Crippen molar-refractivity contribution >= 4 is 5.91 Å². The van der Waals surface area contributed by atoms with E-state index in [1.165, 1.54) is 0 Å². The predicted octanol–water partition coefficient (Wildman–Crippen LogP) is 0.245. The first-order chi connectivity index (χ1) is 6.20. The van der Waals surface area contributed by atoms with E-state index in [0.717, 1.165) is 5.56 Å². The molecule has 2 atom stereocenters. The van der Waals surface area contributed by atoms with Crippen LogP contribution in [0.2, 0.25) is 0 Å². The molecule has 0 radical (unpaired) electrons. The second-order valence-corrected chi connectivity index (χ2v) is 3.46. The topological polar surface area (TPSA) is 62.1 Å². The largest absolute Gasteiger partial charge is 0.367 e. The third-order valence-electron chi connectivity index (χ3n) is 2.59. The minimum Gasteiger partial charge on any atom is -0.367 e. The van der Waals surface area contributed by atoms with Crippen molar-refractivity contribution in [3.05, 3.63) is 24.0 Å². The van der Waals surface area contributed by atoms with E-state index in [9.17, 15) is 4.79 Å². The van der Waals surface area contributed by atoms with E-state index in [4.69, 9.17) is 5.73 Å². The van der Waals surface area contributed by atoms with Gasteiger partial charge in [-0.2, -0.15) is 0 Å². The Kier molecular flexibility index (Phi) is 1.84. The highest BCUT2D eigenvalue weighted by Gasteiger charge is 2.36. The summed E-state index contributed by atoms with van der Waals surface area (Å²) in [6.07, 6.45) is 4.19. The van der Waals surface area contributed by atoms with Crippen molar-refractivity contribution < 1.29 is 4.79 Å². The fourth-order valence-corrected chi connectivity index (χ4v) is 1.89. The van der Waals surface area contributed by atoms with Crippen LogP contribution in [0.1, 0.15) is 18.0 Å². The van der Waals surface area contributed by atoms with Crippen LogP contribution in [0, 0.1) is 0 Å². The van der Waals surface area contributed by atoms with Gasteiger partial charge in [-0.05, 0) is 11.6 Å². The molecule has 0 aliphatic carbocycles. The fraction of sp³-hybridized carbons (Fsp3) is 0.444. The van der Waals surface area contributed by atoms with Crippen LogP contribution < -0.4 is 5.73 Å². The van der Waals surface area contributed by atoms with E-state index >= 15 is 0 Å². The summed E-state index contributed by atoms with van der Waals surface area (Å²) in [4.78, 5) is 16.0. The van der Waals surface area contributed by atoms with E-state index in [2.05, 4.69) is 4.98 Å². The minimum atomic E-state index is -0.0756. The molecule has 0 saturated carbocycles. The number of amides is 1. The Morgan fingerprint density at radius 3 is 2.92 bits per heavy atom. The summed E-state index contributed by atoms with van der Waals surface area (Å²) in [5, 5.41) is 0. The summed E-state index contributed by atoms with van der Waals surface area (Å²) < 4.78 is 0. The smallest absolute Gasteiger partial charge is 0.224 e. The lowest BCUT2D eigenvalue weighted by Crippen LogP contribution is -2.29. The maximum absolute atomic E-state index is 11.3. The molecule has 13 heavy (non-hydrogen) atoms. The highest BCUT2D eigenvalue weighted by molar-refractivity contribution is 5.80. The molecule has 0 spiro atoms. The van der Waals surface area contributed by atoms with Gasteiger partial charge in [0.2, 0.25) is 5.91 Å². The first-order valence-electron chi connectivity index (χ1n) is 4.34. The molecule has 0 aromatic carbocycles.